The van der Waals surface area contributed by atoms with Crippen molar-refractivity contribution in [1.82, 2.24) is 19.7 Å². The molecule has 2 aromatic heterocycles. The Balaban J connectivity index is 1.18. The molecule has 0 bridgehead atoms. The molecule has 9 nitrogen and oxygen atoms in total. The summed E-state index contributed by atoms with van der Waals surface area (Å²) in [5, 5.41) is 16.8. The maximum absolute atomic E-state index is 12.1. The topological polar surface area (TPSA) is 101 Å². The first-order chi connectivity index (χ1) is 18.3. The van der Waals surface area contributed by atoms with Crippen LogP contribution in [0.1, 0.15) is 57.7 Å². The second-order valence-electron chi connectivity index (χ2n) is 13.0. The summed E-state index contributed by atoms with van der Waals surface area (Å²) in [4.78, 5) is 8.48. The van der Waals surface area contributed by atoms with Gasteiger partial charge in [-0.1, -0.05) is 26.3 Å². The summed E-state index contributed by atoms with van der Waals surface area (Å²) >= 11 is 0. The number of ether oxygens (including phenoxy) is 4. The minimum atomic E-state index is -0.887. The molecule has 8 rings (SSSR count). The Morgan fingerprint density at radius 1 is 1.16 bits per heavy atom. The molecular weight excluding hydrogens is 484 g/mol. The van der Waals surface area contributed by atoms with Gasteiger partial charge in [-0.05, 0) is 72.8 Å². The highest BCUT2D eigenvalue weighted by molar-refractivity contribution is 5.61. The van der Waals surface area contributed by atoms with Gasteiger partial charge in [0, 0.05) is 17.7 Å². The number of hydrogen-bond acceptors (Lipinski definition) is 8. The normalized spacial score (nSPS) is 47.1. The number of hydrogen-bond donors (Lipinski definition) is 1. The van der Waals surface area contributed by atoms with Crippen molar-refractivity contribution in [3.05, 3.63) is 41.6 Å². The fraction of sp³-hybridized carbons (Fsp3) is 0.690. The van der Waals surface area contributed by atoms with Gasteiger partial charge in [-0.25, -0.2) is 14.6 Å². The van der Waals surface area contributed by atoms with Crippen LogP contribution >= 0.6 is 0 Å². The highest BCUT2D eigenvalue weighted by Crippen LogP contribution is 2.72. The number of nitrogens with zero attached hydrogens (tertiary/aromatic N) is 4. The zero-order valence-electron chi connectivity index (χ0n) is 22.3. The van der Waals surface area contributed by atoms with Crippen molar-refractivity contribution in [3.8, 4) is 5.82 Å². The molecule has 38 heavy (non-hydrogen) atoms. The Hall–Kier alpha value is -2.17. The van der Waals surface area contributed by atoms with Gasteiger partial charge in [0.05, 0.1) is 18.0 Å². The van der Waals surface area contributed by atoms with E-state index >= 15 is 0 Å². The number of rotatable bonds is 1. The zero-order valence-corrected chi connectivity index (χ0v) is 22.3. The third-order valence-corrected chi connectivity index (χ3v) is 11.6. The monoisotopic (exact) mass is 520 g/mol. The highest BCUT2D eigenvalue weighted by Gasteiger charge is 2.79. The summed E-state index contributed by atoms with van der Waals surface area (Å²) in [5.41, 5.74) is 2.74. The maximum atomic E-state index is 12.1. The highest BCUT2D eigenvalue weighted by atomic mass is 16.9. The first kappa shape index (κ1) is 23.7. The predicted molar refractivity (Wildman–Crippen MR) is 136 cm³/mol. The van der Waals surface area contributed by atoms with Crippen molar-refractivity contribution in [3.63, 3.8) is 0 Å². The number of fused-ring (bicyclic) bond motifs is 8. The smallest absolute Gasteiger partial charge is 0.227 e. The standard InChI is InChI=1S/C29H36N4O5/c1-17-8-21-20-5-4-19-9-22-18(12-32-33(22)24-6-7-30-14-31-24)10-26(19,2)25(20)23(34)11-27(21,3)29(17)28(37-16-38-29)13-35-15-36-28/h6-7,9,12,14,17,20-21,23,25,34H,4-5,8,10-11,13,15-16H2,1-3H3/t17-,20+,21+,23+,25-,26+,27+,28?,29-/m1/s1. The lowest BCUT2D eigenvalue weighted by molar-refractivity contribution is -0.266. The summed E-state index contributed by atoms with van der Waals surface area (Å²) in [6, 6.07) is 1.89. The SMILES string of the molecule is C[C@@H]1C[C@H]2[C@@H]3CCC4=Cc5c(cnn5-c5ccncn5)C[C@]4(C)[C@H]3[C@@H](O)C[C@]2(C)[C@]12OCOC21COCO1. The molecule has 2 aromatic rings. The lowest BCUT2D eigenvalue weighted by atomic mass is 9.45. The molecule has 4 heterocycles. The van der Waals surface area contributed by atoms with Crippen molar-refractivity contribution in [1.29, 1.82) is 0 Å². The third-order valence-electron chi connectivity index (χ3n) is 11.6. The number of aromatic nitrogens is 4. The van der Waals surface area contributed by atoms with E-state index < -0.39 is 17.5 Å². The largest absolute Gasteiger partial charge is 0.393 e. The van der Waals surface area contributed by atoms with E-state index in [1.54, 1.807) is 12.5 Å². The Morgan fingerprint density at radius 3 is 2.82 bits per heavy atom. The van der Waals surface area contributed by atoms with E-state index in [0.29, 0.717) is 24.9 Å². The van der Waals surface area contributed by atoms with Crippen molar-refractivity contribution in [2.75, 3.05) is 20.2 Å². The van der Waals surface area contributed by atoms with Crippen LogP contribution in [0.5, 0.6) is 0 Å². The summed E-state index contributed by atoms with van der Waals surface area (Å²) in [6.07, 6.45) is 11.9. The minimum absolute atomic E-state index is 0.118. The van der Waals surface area contributed by atoms with Crippen LogP contribution in [-0.4, -0.2) is 62.5 Å². The van der Waals surface area contributed by atoms with Gasteiger partial charge in [-0.3, -0.25) is 0 Å². The van der Waals surface area contributed by atoms with Crippen molar-refractivity contribution >= 4 is 6.08 Å². The molecule has 9 atom stereocenters. The minimum Gasteiger partial charge on any atom is -0.393 e. The van der Waals surface area contributed by atoms with Gasteiger partial charge in [0.2, 0.25) is 5.79 Å². The number of aliphatic hydroxyl groups excluding tert-OH is 1. The first-order valence-electron chi connectivity index (χ1n) is 14.0. The lowest BCUT2D eigenvalue weighted by Crippen LogP contribution is -2.67. The van der Waals surface area contributed by atoms with Crippen LogP contribution in [-0.2, 0) is 25.4 Å². The summed E-state index contributed by atoms with van der Waals surface area (Å²) in [5.74, 6) is 1.12. The molecule has 9 heteroatoms. The fourth-order valence-electron chi connectivity index (χ4n) is 10.3. The Kier molecular flexibility index (Phi) is 4.82. The van der Waals surface area contributed by atoms with Crippen molar-refractivity contribution in [2.45, 2.75) is 70.4 Å². The summed E-state index contributed by atoms with van der Waals surface area (Å²) in [6.45, 7) is 7.82. The predicted octanol–water partition coefficient (Wildman–Crippen LogP) is 3.50. The molecule has 1 unspecified atom stereocenters. The van der Waals surface area contributed by atoms with E-state index in [-0.39, 0.29) is 36.3 Å². The molecule has 0 amide bonds. The number of allylic oxidation sites excluding steroid dienone is 1. The van der Waals surface area contributed by atoms with Crippen LogP contribution in [0.15, 0.2) is 30.4 Å². The van der Waals surface area contributed by atoms with Crippen LogP contribution < -0.4 is 0 Å². The Bertz CT molecular complexity index is 1300. The average Bonchev–Trinajstić information content (AvgIpc) is 3.67. The van der Waals surface area contributed by atoms with Gasteiger partial charge in [-0.2, -0.15) is 5.10 Å². The van der Waals surface area contributed by atoms with Gasteiger partial charge in [0.15, 0.2) is 19.4 Å². The second-order valence-corrected chi connectivity index (χ2v) is 13.0. The second kappa shape index (κ2) is 7.73. The molecule has 202 valence electrons. The van der Waals surface area contributed by atoms with E-state index in [0.717, 1.165) is 37.2 Å². The Morgan fingerprint density at radius 2 is 2.03 bits per heavy atom. The fourth-order valence-corrected chi connectivity index (χ4v) is 10.3. The van der Waals surface area contributed by atoms with Crippen LogP contribution in [0.3, 0.4) is 0 Å². The van der Waals surface area contributed by atoms with Gasteiger partial charge in [0.1, 0.15) is 18.5 Å². The molecule has 2 spiro atoms. The van der Waals surface area contributed by atoms with E-state index in [9.17, 15) is 5.11 Å². The first-order valence-corrected chi connectivity index (χ1v) is 14.0. The van der Waals surface area contributed by atoms with E-state index in [1.165, 1.54) is 11.1 Å². The van der Waals surface area contributed by atoms with Crippen molar-refractivity contribution in [2.24, 2.45) is 34.5 Å². The molecule has 2 saturated heterocycles. The maximum Gasteiger partial charge on any atom is 0.227 e. The van der Waals surface area contributed by atoms with Gasteiger partial charge in [0.25, 0.3) is 0 Å². The van der Waals surface area contributed by atoms with Crippen LogP contribution in [0.25, 0.3) is 11.9 Å². The third kappa shape index (κ3) is 2.67. The lowest BCUT2D eigenvalue weighted by Gasteiger charge is -2.61. The Labute approximate surface area is 222 Å². The molecule has 5 fully saturated rings. The average molecular weight is 521 g/mol. The molecule has 2 aliphatic heterocycles. The number of aliphatic hydroxyl groups is 1. The summed E-state index contributed by atoms with van der Waals surface area (Å²) < 4.78 is 26.6. The molecule has 3 saturated carbocycles. The van der Waals surface area contributed by atoms with E-state index in [1.807, 2.05) is 16.9 Å². The van der Waals surface area contributed by atoms with Crippen LogP contribution in [0.2, 0.25) is 0 Å². The van der Waals surface area contributed by atoms with E-state index in [2.05, 4.69) is 36.8 Å². The van der Waals surface area contributed by atoms with Crippen LogP contribution in [0, 0.1) is 34.5 Å². The van der Waals surface area contributed by atoms with Crippen molar-refractivity contribution < 1.29 is 24.1 Å². The zero-order chi connectivity index (χ0) is 25.9. The van der Waals surface area contributed by atoms with E-state index in [4.69, 9.17) is 24.0 Å². The van der Waals surface area contributed by atoms with Gasteiger partial charge >= 0.3 is 0 Å². The molecule has 1 N–H and O–H groups in total. The molecular formula is C29H36N4O5. The molecule has 0 radical (unpaired) electrons. The van der Waals surface area contributed by atoms with Crippen LogP contribution in [0.4, 0.5) is 0 Å². The molecule has 6 aliphatic rings. The molecule has 4 aliphatic carbocycles. The van der Waals surface area contributed by atoms with Gasteiger partial charge < -0.3 is 24.1 Å². The molecule has 0 aromatic carbocycles. The summed E-state index contributed by atoms with van der Waals surface area (Å²) in [7, 11) is 0. The quantitative estimate of drug-likeness (QED) is 0.610. The van der Waals surface area contributed by atoms with Gasteiger partial charge in [-0.15, -0.1) is 0 Å².